The average molecular weight is 400 g/mol. The minimum absolute atomic E-state index is 0. The van der Waals surface area contributed by atoms with Gasteiger partial charge in [-0.3, -0.25) is 9.78 Å². The van der Waals surface area contributed by atoms with Crippen LogP contribution in [0.4, 0.5) is 10.6 Å². The standard InChI is InChI=1S/C21H26N4O4.H2/c1-16-17(6-4-9-22-16)20(26)18-7-3-8-19(23-18)24-10-5-11-25(13-12-24)21(27)29-15-14-28-2;/h3-4,6-9H,5,10-15H2,1-2H3;1H. The van der Waals surface area contributed by atoms with Crippen molar-refractivity contribution in [3.8, 4) is 0 Å². The van der Waals surface area contributed by atoms with E-state index in [1.54, 1.807) is 36.4 Å². The van der Waals surface area contributed by atoms with Gasteiger partial charge >= 0.3 is 6.09 Å². The van der Waals surface area contributed by atoms with Crippen molar-refractivity contribution in [3.05, 3.63) is 53.5 Å². The molecule has 29 heavy (non-hydrogen) atoms. The number of rotatable bonds is 6. The SMILES string of the molecule is COCCOC(=O)N1CCCN(c2cccc(C(=O)c3cccnc3C)n2)CC1.[HH]. The molecule has 2 aromatic heterocycles. The number of hydrogen-bond donors (Lipinski definition) is 0. The van der Waals surface area contributed by atoms with Gasteiger partial charge in [-0.25, -0.2) is 9.78 Å². The largest absolute Gasteiger partial charge is 0.447 e. The fraction of sp³-hybridized carbons (Fsp3) is 0.429. The number of aromatic nitrogens is 2. The fourth-order valence-corrected chi connectivity index (χ4v) is 3.22. The van der Waals surface area contributed by atoms with Gasteiger partial charge in [0.2, 0.25) is 5.78 Å². The van der Waals surface area contributed by atoms with Gasteiger partial charge in [-0.15, -0.1) is 0 Å². The molecule has 1 amide bonds. The molecule has 0 saturated carbocycles. The lowest BCUT2D eigenvalue weighted by molar-refractivity contribution is 0.0733. The summed E-state index contributed by atoms with van der Waals surface area (Å²) in [4.78, 5) is 37.6. The Balaban J connectivity index is 0.00000320. The number of ether oxygens (including phenoxy) is 2. The molecule has 0 unspecified atom stereocenters. The van der Waals surface area contributed by atoms with E-state index < -0.39 is 0 Å². The number of amides is 1. The van der Waals surface area contributed by atoms with Crippen molar-refractivity contribution >= 4 is 17.7 Å². The number of carbonyl (C=O) groups excluding carboxylic acids is 2. The number of carbonyl (C=O) groups is 2. The molecule has 0 atom stereocenters. The number of hydrogen-bond acceptors (Lipinski definition) is 7. The van der Waals surface area contributed by atoms with Gasteiger partial charge in [-0.05, 0) is 37.6 Å². The van der Waals surface area contributed by atoms with Crippen molar-refractivity contribution in [2.45, 2.75) is 13.3 Å². The van der Waals surface area contributed by atoms with Crippen LogP contribution in [0.2, 0.25) is 0 Å². The highest BCUT2D eigenvalue weighted by Gasteiger charge is 2.22. The summed E-state index contributed by atoms with van der Waals surface area (Å²) in [6.45, 7) is 4.96. The molecule has 3 rings (SSSR count). The first-order valence-electron chi connectivity index (χ1n) is 9.69. The highest BCUT2D eigenvalue weighted by Crippen LogP contribution is 2.17. The molecule has 2 aromatic rings. The van der Waals surface area contributed by atoms with Crippen molar-refractivity contribution in [1.29, 1.82) is 0 Å². The van der Waals surface area contributed by atoms with Crippen molar-refractivity contribution in [3.63, 3.8) is 0 Å². The van der Waals surface area contributed by atoms with Crippen LogP contribution in [0, 0.1) is 6.92 Å². The van der Waals surface area contributed by atoms with E-state index in [-0.39, 0.29) is 19.9 Å². The molecule has 1 aliphatic rings. The number of ketones is 1. The second-order valence-corrected chi connectivity index (χ2v) is 6.78. The van der Waals surface area contributed by atoms with E-state index in [1.807, 2.05) is 19.1 Å². The van der Waals surface area contributed by atoms with E-state index in [1.165, 1.54) is 0 Å². The van der Waals surface area contributed by atoms with Crippen LogP contribution in [-0.4, -0.2) is 73.2 Å². The first-order valence-corrected chi connectivity index (χ1v) is 9.69. The summed E-state index contributed by atoms with van der Waals surface area (Å²) in [6.07, 6.45) is 2.13. The van der Waals surface area contributed by atoms with Gasteiger partial charge in [0.25, 0.3) is 0 Å². The van der Waals surface area contributed by atoms with Crippen LogP contribution in [0.3, 0.4) is 0 Å². The Hall–Kier alpha value is -3.00. The predicted octanol–water partition coefficient (Wildman–Crippen LogP) is 2.56. The van der Waals surface area contributed by atoms with Crippen LogP contribution < -0.4 is 4.90 Å². The Morgan fingerprint density at radius 2 is 1.97 bits per heavy atom. The van der Waals surface area contributed by atoms with Gasteiger partial charge in [0.1, 0.15) is 18.1 Å². The molecule has 156 valence electrons. The maximum atomic E-state index is 12.8. The van der Waals surface area contributed by atoms with E-state index in [9.17, 15) is 9.59 Å². The molecule has 8 nitrogen and oxygen atoms in total. The monoisotopic (exact) mass is 400 g/mol. The summed E-state index contributed by atoms with van der Waals surface area (Å²) in [5.41, 5.74) is 1.62. The molecule has 0 N–H and O–H groups in total. The second kappa shape index (κ2) is 9.97. The van der Waals surface area contributed by atoms with E-state index in [2.05, 4.69) is 14.9 Å². The highest BCUT2D eigenvalue weighted by molar-refractivity contribution is 6.08. The van der Waals surface area contributed by atoms with Gasteiger partial charge in [0.15, 0.2) is 0 Å². The van der Waals surface area contributed by atoms with Crippen LogP contribution in [-0.2, 0) is 9.47 Å². The average Bonchev–Trinajstić information content (AvgIpc) is 3.00. The lowest BCUT2D eigenvalue weighted by Gasteiger charge is -2.23. The molecule has 1 saturated heterocycles. The molecule has 0 bridgehead atoms. The molecule has 8 heteroatoms. The maximum absolute atomic E-state index is 12.8. The Morgan fingerprint density at radius 3 is 2.76 bits per heavy atom. The number of methoxy groups -OCH3 is 1. The zero-order valence-corrected chi connectivity index (χ0v) is 16.8. The van der Waals surface area contributed by atoms with Crippen molar-refractivity contribution in [2.24, 2.45) is 0 Å². The minimum atomic E-state index is -0.326. The molecule has 1 aliphatic heterocycles. The molecule has 0 spiro atoms. The lowest BCUT2D eigenvalue weighted by Crippen LogP contribution is -2.36. The van der Waals surface area contributed by atoms with Crippen LogP contribution in [0.5, 0.6) is 0 Å². The van der Waals surface area contributed by atoms with Crippen molar-refractivity contribution in [2.75, 3.05) is 51.4 Å². The van der Waals surface area contributed by atoms with Crippen molar-refractivity contribution in [1.82, 2.24) is 14.9 Å². The van der Waals surface area contributed by atoms with Crippen LogP contribution in [0.1, 0.15) is 29.6 Å². The summed E-state index contributed by atoms with van der Waals surface area (Å²) in [6, 6.07) is 8.95. The summed E-state index contributed by atoms with van der Waals surface area (Å²) in [5, 5.41) is 0. The third-order valence-corrected chi connectivity index (χ3v) is 4.81. The van der Waals surface area contributed by atoms with E-state index in [0.29, 0.717) is 43.2 Å². The quantitative estimate of drug-likeness (QED) is 0.544. The molecule has 0 aliphatic carbocycles. The van der Waals surface area contributed by atoms with E-state index in [4.69, 9.17) is 9.47 Å². The summed E-state index contributed by atoms with van der Waals surface area (Å²) < 4.78 is 10.1. The van der Waals surface area contributed by atoms with Crippen LogP contribution in [0.15, 0.2) is 36.5 Å². The minimum Gasteiger partial charge on any atom is -0.447 e. The molecular weight excluding hydrogens is 372 g/mol. The third-order valence-electron chi connectivity index (χ3n) is 4.81. The first-order chi connectivity index (χ1) is 14.1. The van der Waals surface area contributed by atoms with Gasteiger partial charge in [-0.1, -0.05) is 6.07 Å². The summed E-state index contributed by atoms with van der Waals surface area (Å²) >= 11 is 0. The predicted molar refractivity (Wildman–Crippen MR) is 110 cm³/mol. The van der Waals surface area contributed by atoms with Crippen LogP contribution >= 0.6 is 0 Å². The first kappa shape index (κ1) is 20.7. The summed E-state index contributed by atoms with van der Waals surface area (Å²) in [5.74, 6) is 0.586. The Labute approximate surface area is 171 Å². The Morgan fingerprint density at radius 1 is 1.10 bits per heavy atom. The van der Waals surface area contributed by atoms with Gasteiger partial charge in [0.05, 0.1) is 6.61 Å². The Kier molecular flexibility index (Phi) is 7.13. The molecule has 3 heterocycles. The molecule has 0 aromatic carbocycles. The van der Waals surface area contributed by atoms with Crippen LogP contribution in [0.25, 0.3) is 0 Å². The second-order valence-electron chi connectivity index (χ2n) is 6.78. The van der Waals surface area contributed by atoms with Crippen molar-refractivity contribution < 1.29 is 20.5 Å². The lowest BCUT2D eigenvalue weighted by atomic mass is 10.1. The van der Waals surface area contributed by atoms with Gasteiger partial charge in [0, 0.05) is 52.2 Å². The number of aryl methyl sites for hydroxylation is 1. The fourth-order valence-electron chi connectivity index (χ4n) is 3.22. The zero-order chi connectivity index (χ0) is 20.6. The van der Waals surface area contributed by atoms with Gasteiger partial charge < -0.3 is 19.3 Å². The van der Waals surface area contributed by atoms with E-state index >= 15 is 0 Å². The zero-order valence-electron chi connectivity index (χ0n) is 16.8. The van der Waals surface area contributed by atoms with Gasteiger partial charge in [-0.2, -0.15) is 0 Å². The number of pyridine rings is 2. The number of nitrogens with zero attached hydrogens (tertiary/aromatic N) is 4. The third kappa shape index (κ3) is 5.29. The highest BCUT2D eigenvalue weighted by atomic mass is 16.6. The molecular formula is C21H28N4O4. The smallest absolute Gasteiger partial charge is 0.409 e. The Bertz CT molecular complexity index is 864. The normalized spacial score (nSPS) is 14.4. The topological polar surface area (TPSA) is 84.9 Å². The maximum Gasteiger partial charge on any atom is 0.409 e. The summed E-state index contributed by atoms with van der Waals surface area (Å²) in [7, 11) is 1.57. The van der Waals surface area contributed by atoms with E-state index in [0.717, 1.165) is 18.8 Å². The molecule has 0 radical (unpaired) electrons. The number of anilines is 1. The molecule has 1 fully saturated rings.